The molecule has 3 saturated heterocycles. The van der Waals surface area contributed by atoms with E-state index in [9.17, 15) is 4.80 Å². The van der Waals surface area contributed by atoms with E-state index in [4.69, 9.17) is 45.6 Å². The van der Waals surface area contributed by atoms with Gasteiger partial charge in [0.05, 0.1) is 0 Å². The second-order valence-electron chi connectivity index (χ2n) is 11.5. The lowest BCUT2D eigenvalue weighted by atomic mass is 11.8. The highest BCUT2D eigenvalue weighted by molar-refractivity contribution is 7.02. The van der Waals surface area contributed by atoms with Crippen molar-refractivity contribution in [2.45, 2.75) is 84.2 Å². The highest BCUT2D eigenvalue weighted by atomic mass is 28.6. The third kappa shape index (κ3) is 8.00. The summed E-state index contributed by atoms with van der Waals surface area (Å²) in [6.45, 7) is 22.7. The first-order valence-electron chi connectivity index (χ1n) is 11.6. The summed E-state index contributed by atoms with van der Waals surface area (Å²) in [7, 11) is -27.1. The molecule has 3 aliphatic heterocycles. The standard InChI is InChI=1S/C14H42O12Si9/c1-16-32(10)19-29(7)14-30(8)21-34(12,25-32)23-31(9,15)24-35(13,22-30)26-33(11,20-29)18-28(5,6)17-27(2,3)4/h15H,14H2,1-13H3/t29-,30+,31?,32+,33?,34?,35?/m1/s1. The molecule has 0 saturated carbocycles. The van der Waals surface area contributed by atoms with E-state index in [1.54, 1.807) is 19.6 Å². The highest BCUT2D eigenvalue weighted by Crippen LogP contribution is 2.44. The van der Waals surface area contributed by atoms with Gasteiger partial charge in [0.2, 0.25) is 0 Å². The molecule has 21 heteroatoms. The summed E-state index contributed by atoms with van der Waals surface area (Å²) in [6.07, 6.45) is 0. The fourth-order valence-electron chi connectivity index (χ4n) is 5.22. The van der Waals surface area contributed by atoms with Crippen molar-refractivity contribution in [1.82, 2.24) is 0 Å². The third-order valence-electron chi connectivity index (χ3n) is 5.09. The first-order chi connectivity index (χ1) is 15.3. The van der Waals surface area contributed by atoms with Gasteiger partial charge in [-0.3, -0.25) is 0 Å². The number of fused-ring (bicyclic) bond motifs is 3. The van der Waals surface area contributed by atoms with E-state index in [1.807, 2.05) is 32.7 Å². The molecule has 3 heterocycles. The summed E-state index contributed by atoms with van der Waals surface area (Å²) in [5.74, 6) is 0. The molecule has 0 radical (unpaired) electrons. The second kappa shape index (κ2) is 9.26. The van der Waals surface area contributed by atoms with Crippen molar-refractivity contribution in [2.24, 2.45) is 0 Å². The molecule has 4 bridgehead atoms. The fourth-order valence-corrected chi connectivity index (χ4v) is 54.8. The molecule has 7 atom stereocenters. The maximum Gasteiger partial charge on any atom is 0.481 e. The van der Waals surface area contributed by atoms with E-state index in [2.05, 4.69) is 19.6 Å². The molecule has 0 aromatic heterocycles. The Morgan fingerprint density at radius 1 is 0.629 bits per heavy atom. The molecule has 0 aromatic rings. The predicted octanol–water partition coefficient (Wildman–Crippen LogP) is 2.90. The van der Waals surface area contributed by atoms with Crippen LogP contribution in [-0.4, -0.2) is 89.9 Å². The average Bonchev–Trinajstić information content (AvgIpc) is 2.42. The predicted molar refractivity (Wildman–Crippen MR) is 147 cm³/mol. The van der Waals surface area contributed by atoms with Gasteiger partial charge in [0.15, 0.2) is 8.32 Å². The largest absolute Gasteiger partial charge is 0.481 e. The van der Waals surface area contributed by atoms with Gasteiger partial charge in [0.25, 0.3) is 0 Å². The molecule has 12 nitrogen and oxygen atoms in total. The van der Waals surface area contributed by atoms with Crippen molar-refractivity contribution in [1.29, 1.82) is 0 Å². The van der Waals surface area contributed by atoms with Crippen LogP contribution in [0, 0.1) is 0 Å². The Balaban J connectivity index is 2.14. The minimum Gasteiger partial charge on any atom is -0.437 e. The molecule has 4 unspecified atom stereocenters. The van der Waals surface area contributed by atoms with E-state index < -0.39 is 78.0 Å². The average molecular weight is 655 g/mol. The van der Waals surface area contributed by atoms with Crippen LogP contribution in [0.4, 0.5) is 0 Å². The number of hydrogen-bond donors (Lipinski definition) is 1. The van der Waals surface area contributed by atoms with E-state index in [0.717, 1.165) is 0 Å². The minimum absolute atomic E-state index is 0.406. The van der Waals surface area contributed by atoms with E-state index in [0.29, 0.717) is 5.67 Å². The van der Waals surface area contributed by atoms with Gasteiger partial charge in [-0.2, -0.15) is 0 Å². The van der Waals surface area contributed by atoms with Crippen molar-refractivity contribution in [2.75, 3.05) is 7.11 Å². The lowest BCUT2D eigenvalue weighted by molar-refractivity contribution is 0.0625. The molecular formula is C14H42O12Si9. The van der Waals surface area contributed by atoms with Crippen LogP contribution in [0.3, 0.4) is 0 Å². The SMILES string of the molecule is CO[Si@]1(C)O[Si]2(C)O[Si](C)(O)O[Si]3(C)O[Si](C)(O[Si](C)(C)O[Si](C)(C)C)O[Si@](C)(C[Si@](C)(O3)O2)O1. The third-order valence-corrected chi connectivity index (χ3v) is 43.6. The molecule has 3 fully saturated rings. The highest BCUT2D eigenvalue weighted by Gasteiger charge is 2.71. The molecule has 35 heavy (non-hydrogen) atoms. The van der Waals surface area contributed by atoms with Crippen LogP contribution in [0.15, 0.2) is 0 Å². The first-order valence-corrected chi connectivity index (χ1v) is 34.1. The monoisotopic (exact) mass is 654 g/mol. The lowest BCUT2D eigenvalue weighted by Gasteiger charge is -2.55. The molecule has 1 N–H and O–H groups in total. The normalized spacial score (nSPS) is 49.5. The van der Waals surface area contributed by atoms with Crippen LogP contribution >= 0.6 is 0 Å². The van der Waals surface area contributed by atoms with Crippen LogP contribution in [0.25, 0.3) is 0 Å². The van der Waals surface area contributed by atoms with Crippen LogP contribution in [0.2, 0.25) is 84.2 Å². The molecule has 3 aliphatic rings. The van der Waals surface area contributed by atoms with Gasteiger partial charge in [-0.1, -0.05) is 0 Å². The Hall–Kier alpha value is 1.47. The van der Waals surface area contributed by atoms with Gasteiger partial charge in [0, 0.05) is 45.5 Å². The lowest BCUT2D eigenvalue weighted by Crippen LogP contribution is -2.79. The molecule has 206 valence electrons. The van der Waals surface area contributed by atoms with Gasteiger partial charge in [-0.15, -0.1) is 0 Å². The Morgan fingerprint density at radius 2 is 1.06 bits per heavy atom. The van der Waals surface area contributed by atoms with Gasteiger partial charge in [-0.25, -0.2) is 0 Å². The zero-order valence-electron chi connectivity index (χ0n) is 23.1. The summed E-state index contributed by atoms with van der Waals surface area (Å²) in [6, 6.07) is 0. The smallest absolute Gasteiger partial charge is 0.437 e. The summed E-state index contributed by atoms with van der Waals surface area (Å²) in [5.41, 5.74) is 0.406. The van der Waals surface area contributed by atoms with Crippen molar-refractivity contribution in [3.63, 3.8) is 0 Å². The maximum atomic E-state index is 11.3. The quantitative estimate of drug-likeness (QED) is 0.439. The van der Waals surface area contributed by atoms with Crippen molar-refractivity contribution in [3.8, 4) is 0 Å². The van der Waals surface area contributed by atoms with Crippen LogP contribution in [-0.2, 0) is 45.6 Å². The van der Waals surface area contributed by atoms with E-state index in [-0.39, 0.29) is 0 Å². The topological polar surface area (TPSA) is 122 Å². The summed E-state index contributed by atoms with van der Waals surface area (Å²) < 4.78 is 71.0. The van der Waals surface area contributed by atoms with Crippen LogP contribution in [0.1, 0.15) is 0 Å². The Labute approximate surface area is 219 Å². The zero-order valence-corrected chi connectivity index (χ0v) is 32.1. The zero-order chi connectivity index (χ0) is 27.0. The molecule has 0 aromatic carbocycles. The second-order valence-corrected chi connectivity index (χ2v) is 41.8. The summed E-state index contributed by atoms with van der Waals surface area (Å²) in [5, 5.41) is 0. The van der Waals surface area contributed by atoms with Crippen LogP contribution in [0.5, 0.6) is 0 Å². The van der Waals surface area contributed by atoms with Gasteiger partial charge >= 0.3 is 69.7 Å². The Morgan fingerprint density at radius 3 is 1.51 bits per heavy atom. The van der Waals surface area contributed by atoms with E-state index >= 15 is 0 Å². The maximum absolute atomic E-state index is 11.3. The van der Waals surface area contributed by atoms with Gasteiger partial charge < -0.3 is 50.4 Å². The van der Waals surface area contributed by atoms with Crippen LogP contribution < -0.4 is 0 Å². The van der Waals surface area contributed by atoms with Gasteiger partial charge in [-0.05, 0) is 45.8 Å². The fraction of sp³-hybridized carbons (Fsp3) is 1.00. The number of rotatable bonds is 5. The van der Waals surface area contributed by atoms with Gasteiger partial charge in [0.1, 0.15) is 0 Å². The summed E-state index contributed by atoms with van der Waals surface area (Å²) in [4.78, 5) is 11.3. The minimum atomic E-state index is -3.84. The molecule has 0 amide bonds. The molecule has 0 spiro atoms. The van der Waals surface area contributed by atoms with Crippen molar-refractivity contribution >= 4 is 78.0 Å². The van der Waals surface area contributed by atoms with Crippen molar-refractivity contribution < 1.29 is 50.4 Å². The molecule has 0 aliphatic carbocycles. The van der Waals surface area contributed by atoms with Crippen molar-refractivity contribution in [3.05, 3.63) is 0 Å². The number of hydrogen-bond acceptors (Lipinski definition) is 12. The summed E-state index contributed by atoms with van der Waals surface area (Å²) >= 11 is 0. The molecule has 3 rings (SSSR count). The Bertz CT molecular complexity index is 835. The molecular weight excluding hydrogens is 613 g/mol. The van der Waals surface area contributed by atoms with E-state index in [1.165, 1.54) is 13.7 Å². The first kappa shape index (κ1) is 31.0. The Kier molecular flexibility index (Phi) is 8.20.